The fourth-order valence-electron chi connectivity index (χ4n) is 2.64. The van der Waals surface area contributed by atoms with Crippen molar-refractivity contribution in [3.63, 3.8) is 0 Å². The first-order chi connectivity index (χ1) is 10.7. The minimum absolute atomic E-state index is 0. The number of hydrogen-bond acceptors (Lipinski definition) is 0. The molecule has 0 rings (SSSR count). The van der Waals surface area contributed by atoms with Crippen molar-refractivity contribution >= 4 is 7.81 Å². The Labute approximate surface area is 164 Å². The molecule has 162 valence electrons. The van der Waals surface area contributed by atoms with Crippen LogP contribution in [0.2, 0.25) is 0 Å². The van der Waals surface area contributed by atoms with Gasteiger partial charge in [-0.25, -0.2) is 0 Å². The minimum atomic E-state index is -10.7. The summed E-state index contributed by atoms with van der Waals surface area (Å²) in [6, 6.07) is 0. The number of nitrogens with zero attached hydrogens (tertiary/aromatic N) is 1. The van der Waals surface area contributed by atoms with Crippen LogP contribution in [0.5, 0.6) is 0 Å². The number of unbranched alkanes of at least 4 members (excludes halogenated alkanes) is 4. The van der Waals surface area contributed by atoms with Crippen molar-refractivity contribution in [3.05, 3.63) is 0 Å². The number of quaternary nitrogens is 1. The van der Waals surface area contributed by atoms with Crippen LogP contribution in [0.25, 0.3) is 0 Å². The molecule has 0 aromatic rings. The second-order valence-electron chi connectivity index (χ2n) is 6.61. The van der Waals surface area contributed by atoms with E-state index in [1.165, 1.54) is 82.0 Å². The first-order valence-corrected chi connectivity index (χ1v) is 11.1. The predicted octanol–water partition coefficient (Wildman–Crippen LogP) is 8.38. The van der Waals surface area contributed by atoms with E-state index in [4.69, 9.17) is 0 Å². The van der Waals surface area contributed by atoms with Crippen LogP contribution in [0.1, 0.15) is 79.1 Å². The van der Waals surface area contributed by atoms with E-state index in [0.717, 1.165) is 0 Å². The van der Waals surface area contributed by atoms with Gasteiger partial charge < -0.3 is 4.48 Å². The summed E-state index contributed by atoms with van der Waals surface area (Å²) in [6.45, 7) is 15.0. The number of halogens is 6. The molecule has 0 bridgehead atoms. The van der Waals surface area contributed by atoms with E-state index >= 15 is 0 Å². The fourth-order valence-corrected chi connectivity index (χ4v) is 2.64. The summed E-state index contributed by atoms with van der Waals surface area (Å²) < 4.78 is 60.6. The zero-order valence-electron chi connectivity index (χ0n) is 16.0. The first-order valence-electron chi connectivity index (χ1n) is 9.11. The molecule has 0 radical (unpaired) electrons. The normalized spacial score (nSPS) is 14.6. The Balaban J connectivity index is -0.000000513. The topological polar surface area (TPSA) is 0 Å². The third-order valence-corrected chi connectivity index (χ3v) is 3.94. The number of hydrogen-bond donors (Lipinski definition) is 0. The van der Waals surface area contributed by atoms with Gasteiger partial charge in [-0.2, -0.15) is 0 Å². The molecule has 9 heteroatoms. The van der Waals surface area contributed by atoms with Crippen LogP contribution in [-0.2, 0) is 21.1 Å². The van der Waals surface area contributed by atoms with Crippen LogP contribution in [0, 0.1) is 0 Å². The Hall–Kier alpha value is 0.658. The third-order valence-electron chi connectivity index (χ3n) is 3.94. The van der Waals surface area contributed by atoms with Gasteiger partial charge in [-0.3, -0.25) is 0 Å². The molecule has 0 aliphatic heterocycles. The molecule has 0 amide bonds. The van der Waals surface area contributed by atoms with Crippen molar-refractivity contribution in [1.82, 2.24) is 0 Å². The maximum Gasteiger partial charge on any atom is 0 e. The Morgan fingerprint density at radius 3 is 0.800 bits per heavy atom. The summed E-state index contributed by atoms with van der Waals surface area (Å²) in [5.41, 5.74) is 0. The smallest absolute Gasteiger partial charge is 0 e. The molecule has 0 fully saturated rings. The van der Waals surface area contributed by atoms with Gasteiger partial charge in [0.15, 0.2) is 0 Å². The van der Waals surface area contributed by atoms with Crippen molar-refractivity contribution in [2.75, 3.05) is 26.2 Å². The molecule has 0 aromatic carbocycles. The molecule has 0 atom stereocenters. The maximum atomic E-state index is 9.87. The average molecular weight is 583 g/mol. The zero-order chi connectivity index (χ0) is 19.4. The van der Waals surface area contributed by atoms with Crippen molar-refractivity contribution < 1.29 is 50.7 Å². The van der Waals surface area contributed by atoms with Gasteiger partial charge in [0.1, 0.15) is 0 Å². The number of rotatable bonds is 12. The SMILES string of the molecule is CCCC[N+](CCCC)(CCCC)CCCC.F[P-](F)(F)(F)(F)F.[Pt]. The molecule has 0 aliphatic rings. The molecule has 0 aliphatic carbocycles. The maximum absolute atomic E-state index is 10.7. The fraction of sp³-hybridized carbons (Fsp3) is 1.00. The molecular formula is C16H36F6NPPt. The Bertz CT molecular complexity index is 271. The van der Waals surface area contributed by atoms with Crippen molar-refractivity contribution in [3.8, 4) is 0 Å². The van der Waals surface area contributed by atoms with E-state index in [0.29, 0.717) is 0 Å². The zero-order valence-corrected chi connectivity index (χ0v) is 19.1. The van der Waals surface area contributed by atoms with E-state index in [1.807, 2.05) is 0 Å². The molecule has 0 aromatic heterocycles. The molecule has 0 N–H and O–H groups in total. The van der Waals surface area contributed by atoms with Gasteiger partial charge in [-0.15, -0.1) is 0 Å². The summed E-state index contributed by atoms with van der Waals surface area (Å²) in [5, 5.41) is 0. The monoisotopic (exact) mass is 582 g/mol. The first kappa shape index (κ1) is 30.4. The Kier molecular flexibility index (Phi) is 14.8. The van der Waals surface area contributed by atoms with Gasteiger partial charge in [-0.05, 0) is 25.7 Å². The third kappa shape index (κ3) is 29.7. The van der Waals surface area contributed by atoms with Crippen molar-refractivity contribution in [2.45, 2.75) is 79.1 Å². The molecular weight excluding hydrogens is 546 g/mol. The quantitative estimate of drug-likeness (QED) is 0.123. The van der Waals surface area contributed by atoms with E-state index in [2.05, 4.69) is 27.7 Å². The van der Waals surface area contributed by atoms with Crippen LogP contribution in [0.3, 0.4) is 0 Å². The summed E-state index contributed by atoms with van der Waals surface area (Å²) >= 11 is 0. The second kappa shape index (κ2) is 12.2. The second-order valence-corrected chi connectivity index (χ2v) is 8.53. The summed E-state index contributed by atoms with van der Waals surface area (Å²) in [4.78, 5) is 0. The van der Waals surface area contributed by atoms with E-state index in [-0.39, 0.29) is 21.1 Å². The summed E-state index contributed by atoms with van der Waals surface area (Å²) in [5.74, 6) is 0. The van der Waals surface area contributed by atoms with E-state index < -0.39 is 7.81 Å². The van der Waals surface area contributed by atoms with Gasteiger partial charge in [-0.1, -0.05) is 53.4 Å². The Morgan fingerprint density at radius 2 is 0.680 bits per heavy atom. The molecule has 25 heavy (non-hydrogen) atoms. The van der Waals surface area contributed by atoms with E-state index in [9.17, 15) is 25.2 Å². The van der Waals surface area contributed by atoms with Gasteiger partial charge in [0.2, 0.25) is 0 Å². The van der Waals surface area contributed by atoms with Gasteiger partial charge >= 0.3 is 33.0 Å². The van der Waals surface area contributed by atoms with Crippen LogP contribution >= 0.6 is 7.81 Å². The van der Waals surface area contributed by atoms with Crippen LogP contribution in [0.4, 0.5) is 25.2 Å². The molecule has 0 heterocycles. The molecule has 0 unspecified atom stereocenters. The molecule has 0 spiro atoms. The minimum Gasteiger partial charge on any atom is 0 e. The van der Waals surface area contributed by atoms with Gasteiger partial charge in [0.05, 0.1) is 26.2 Å². The van der Waals surface area contributed by atoms with Crippen molar-refractivity contribution in [2.24, 2.45) is 0 Å². The average Bonchev–Trinajstić information content (AvgIpc) is 2.42. The predicted molar refractivity (Wildman–Crippen MR) is 92.9 cm³/mol. The molecule has 0 saturated heterocycles. The van der Waals surface area contributed by atoms with Crippen LogP contribution in [-0.4, -0.2) is 30.7 Å². The van der Waals surface area contributed by atoms with Gasteiger partial charge in [0, 0.05) is 21.1 Å². The summed E-state index contributed by atoms with van der Waals surface area (Å²) in [6.07, 6.45) is 11.1. The largest absolute Gasteiger partial charge is 0 e. The summed E-state index contributed by atoms with van der Waals surface area (Å²) in [7, 11) is -10.7. The molecule has 0 saturated carbocycles. The molecule has 1 nitrogen and oxygen atoms in total. The van der Waals surface area contributed by atoms with Crippen molar-refractivity contribution in [1.29, 1.82) is 0 Å². The van der Waals surface area contributed by atoms with Gasteiger partial charge in [0.25, 0.3) is 0 Å². The van der Waals surface area contributed by atoms with Crippen LogP contribution < -0.4 is 0 Å². The Morgan fingerprint density at radius 1 is 0.520 bits per heavy atom. The standard InChI is InChI=1S/C16H36N.F6P.Pt/c1-5-9-13-17(14-10-6-2,15-11-7-3)16-12-8-4;1-7(2,3,4,5)6;/h5-16H2,1-4H3;;/q+1;-1;. The van der Waals surface area contributed by atoms with E-state index in [1.54, 1.807) is 0 Å². The van der Waals surface area contributed by atoms with Crippen LogP contribution in [0.15, 0.2) is 0 Å².